The van der Waals surface area contributed by atoms with Crippen LogP contribution in [-0.4, -0.2) is 32.4 Å². The quantitative estimate of drug-likeness (QED) is 0.767. The molecule has 21 heavy (non-hydrogen) atoms. The molecule has 1 atom stereocenters. The van der Waals surface area contributed by atoms with Crippen molar-refractivity contribution in [1.82, 2.24) is 4.90 Å². The topological polar surface area (TPSA) is 37.4 Å². The predicted octanol–water partition coefficient (Wildman–Crippen LogP) is 3.95. The molecule has 7 heteroatoms. The molecule has 120 valence electrons. The Labute approximate surface area is 135 Å². The first-order chi connectivity index (χ1) is 9.79. The molecule has 1 aromatic rings. The van der Waals surface area contributed by atoms with Crippen LogP contribution < -0.4 is 0 Å². The van der Waals surface area contributed by atoms with Gasteiger partial charge in [0.05, 0.1) is 0 Å². The highest BCUT2D eigenvalue weighted by molar-refractivity contribution is 8.31. The van der Waals surface area contributed by atoms with Gasteiger partial charge in [0.1, 0.15) is 5.82 Å². The summed E-state index contributed by atoms with van der Waals surface area (Å²) in [7, 11) is 4.81. The third kappa shape index (κ3) is 8.61. The van der Waals surface area contributed by atoms with E-state index in [-0.39, 0.29) is 5.82 Å². The number of benzene rings is 1. The van der Waals surface area contributed by atoms with E-state index in [4.69, 9.17) is 8.42 Å². The average Bonchev–Trinajstić information content (AvgIpc) is 2.82. The molecule has 1 fully saturated rings. The third-order valence-electron chi connectivity index (χ3n) is 3.56. The number of hydrogen-bond acceptors (Lipinski definition) is 3. The number of likely N-dealkylation sites (tertiary alicyclic amines) is 1. The number of hydrogen-bond donors (Lipinski definition) is 0. The maximum atomic E-state index is 13.0. The fourth-order valence-corrected chi connectivity index (χ4v) is 2.66. The highest BCUT2D eigenvalue weighted by Crippen LogP contribution is 2.21. The lowest BCUT2D eigenvalue weighted by Gasteiger charge is -2.22. The first-order valence-electron chi connectivity index (χ1n) is 6.92. The molecule has 3 nitrogen and oxygen atoms in total. The molecule has 0 aliphatic carbocycles. The van der Waals surface area contributed by atoms with Crippen molar-refractivity contribution in [3.05, 3.63) is 35.6 Å². The molecule has 0 spiro atoms. The van der Waals surface area contributed by atoms with Gasteiger partial charge in [-0.1, -0.05) is 19.1 Å². The fraction of sp³-hybridized carbons (Fsp3) is 0.571. The number of nitrogens with zero attached hydrogens (tertiary/aromatic N) is 1. The Bertz CT molecular complexity index is 532. The second kappa shape index (κ2) is 8.93. The second-order valence-electron chi connectivity index (χ2n) is 4.97. The van der Waals surface area contributed by atoms with Crippen molar-refractivity contribution in [2.24, 2.45) is 0 Å². The van der Waals surface area contributed by atoms with E-state index in [2.05, 4.69) is 33.2 Å². The van der Waals surface area contributed by atoms with Crippen molar-refractivity contribution in [3.8, 4) is 0 Å². The molecule has 1 aliphatic rings. The Hall–Kier alpha value is -0.360. The monoisotopic (exact) mass is 355 g/mol. The lowest BCUT2D eigenvalue weighted by Crippen LogP contribution is -2.29. The van der Waals surface area contributed by atoms with Crippen molar-refractivity contribution >= 4 is 29.6 Å². The van der Waals surface area contributed by atoms with Gasteiger partial charge >= 0.3 is 8.26 Å². The van der Waals surface area contributed by atoms with Crippen LogP contribution >= 0.6 is 21.4 Å². The zero-order valence-electron chi connectivity index (χ0n) is 11.9. The third-order valence-corrected chi connectivity index (χ3v) is 3.56. The maximum Gasteiger partial charge on any atom is 0.317 e. The van der Waals surface area contributed by atoms with E-state index in [1.807, 2.05) is 6.07 Å². The van der Waals surface area contributed by atoms with E-state index < -0.39 is 8.26 Å². The molecule has 0 bridgehead atoms. The molecule has 0 aromatic heterocycles. The average molecular weight is 356 g/mol. The van der Waals surface area contributed by atoms with E-state index >= 15 is 0 Å². The summed E-state index contributed by atoms with van der Waals surface area (Å²) in [6.45, 7) is 4.61. The fourth-order valence-electron chi connectivity index (χ4n) is 2.66. The summed E-state index contributed by atoms with van der Waals surface area (Å²) in [6.07, 6.45) is 4.79. The lowest BCUT2D eigenvalue weighted by atomic mass is 10.0. The second-order valence-corrected chi connectivity index (χ2v) is 8.64. The Morgan fingerprint density at radius 1 is 1.38 bits per heavy atom. The number of halogens is 3. The van der Waals surface area contributed by atoms with Gasteiger partial charge in [-0.05, 0) is 56.5 Å². The van der Waals surface area contributed by atoms with Gasteiger partial charge in [-0.3, -0.25) is 0 Å². The van der Waals surface area contributed by atoms with Gasteiger partial charge < -0.3 is 4.90 Å². The van der Waals surface area contributed by atoms with E-state index in [0.29, 0.717) is 6.04 Å². The first-order valence-corrected chi connectivity index (χ1v) is 10.1. The van der Waals surface area contributed by atoms with Gasteiger partial charge in [0.15, 0.2) is 0 Å². The van der Waals surface area contributed by atoms with Crippen LogP contribution in [0.15, 0.2) is 24.3 Å². The predicted molar refractivity (Wildman–Crippen MR) is 85.6 cm³/mol. The Balaban J connectivity index is 0.000000383. The van der Waals surface area contributed by atoms with Gasteiger partial charge in [-0.15, -0.1) is 0 Å². The van der Waals surface area contributed by atoms with Crippen molar-refractivity contribution in [2.75, 3.05) is 13.1 Å². The maximum absolute atomic E-state index is 13.0. The van der Waals surface area contributed by atoms with Crippen molar-refractivity contribution in [1.29, 1.82) is 0 Å². The van der Waals surface area contributed by atoms with Gasteiger partial charge in [-0.25, -0.2) is 4.39 Å². The van der Waals surface area contributed by atoms with Crippen LogP contribution in [0, 0.1) is 5.82 Å². The minimum absolute atomic E-state index is 0.115. The van der Waals surface area contributed by atoms with Crippen LogP contribution in [0.1, 0.15) is 31.7 Å². The minimum atomic E-state index is -3.72. The van der Waals surface area contributed by atoms with Crippen LogP contribution in [-0.2, 0) is 14.7 Å². The molecule has 1 aliphatic heterocycles. The number of rotatable bonds is 4. The van der Waals surface area contributed by atoms with E-state index in [1.165, 1.54) is 25.5 Å². The summed E-state index contributed by atoms with van der Waals surface area (Å²) in [4.78, 5) is 2.54. The van der Waals surface area contributed by atoms with Crippen LogP contribution in [0.4, 0.5) is 4.39 Å². The molecular formula is C14H20Cl2FNO2S. The summed E-state index contributed by atoms with van der Waals surface area (Å²) in [5, 5.41) is 0. The van der Waals surface area contributed by atoms with E-state index in [0.717, 1.165) is 24.9 Å². The first kappa shape index (κ1) is 18.7. The molecule has 2 rings (SSSR count). The summed E-state index contributed by atoms with van der Waals surface area (Å²) >= 11 is 0. The van der Waals surface area contributed by atoms with Crippen molar-refractivity contribution < 1.29 is 12.8 Å². The summed E-state index contributed by atoms with van der Waals surface area (Å²) in [6, 6.07) is 7.71. The lowest BCUT2D eigenvalue weighted by molar-refractivity contribution is 0.256. The smallest absolute Gasteiger partial charge is 0.301 e. The zero-order chi connectivity index (χ0) is 15.9. The standard InChI is InChI=1S/C14H20FN.Cl2O2S/c1-2-16-10-4-7-14(16)9-8-12-5-3-6-13(15)11-12;1-5(2,3)4/h3,5-6,11,14H,2,4,7-10H2,1H3;/t14-;/m0./s1. The Morgan fingerprint density at radius 3 is 2.62 bits per heavy atom. The molecule has 0 amide bonds. The molecule has 0 unspecified atom stereocenters. The van der Waals surface area contributed by atoms with Crippen LogP contribution in [0.2, 0.25) is 0 Å². The van der Waals surface area contributed by atoms with Gasteiger partial charge in [0.25, 0.3) is 0 Å². The molecule has 1 aromatic carbocycles. The SMILES string of the molecule is CCN1CCC[C@H]1CCc1cccc(F)c1.O=S(=O)(Cl)Cl. The van der Waals surface area contributed by atoms with Gasteiger partial charge in [0, 0.05) is 27.4 Å². The van der Waals surface area contributed by atoms with Gasteiger partial charge in [0.2, 0.25) is 0 Å². The van der Waals surface area contributed by atoms with Crippen molar-refractivity contribution in [3.63, 3.8) is 0 Å². The van der Waals surface area contributed by atoms with Gasteiger partial charge in [-0.2, -0.15) is 8.42 Å². The largest absolute Gasteiger partial charge is 0.317 e. The molecule has 1 saturated heterocycles. The molecular weight excluding hydrogens is 336 g/mol. The van der Waals surface area contributed by atoms with E-state index in [9.17, 15) is 4.39 Å². The summed E-state index contributed by atoms with van der Waals surface area (Å²) in [5.74, 6) is -0.115. The highest BCUT2D eigenvalue weighted by Gasteiger charge is 2.22. The minimum Gasteiger partial charge on any atom is -0.301 e. The van der Waals surface area contributed by atoms with Crippen molar-refractivity contribution in [2.45, 2.75) is 38.6 Å². The summed E-state index contributed by atoms with van der Waals surface area (Å²) in [5.41, 5.74) is 1.13. The molecule has 0 saturated carbocycles. The van der Waals surface area contributed by atoms with Crippen LogP contribution in [0.3, 0.4) is 0 Å². The zero-order valence-corrected chi connectivity index (χ0v) is 14.3. The molecule has 0 radical (unpaired) electrons. The highest BCUT2D eigenvalue weighted by atomic mass is 36.0. The normalized spacial score (nSPS) is 19.1. The summed E-state index contributed by atoms with van der Waals surface area (Å²) < 4.78 is 31.3. The molecule has 1 heterocycles. The Morgan fingerprint density at radius 2 is 2.05 bits per heavy atom. The molecule has 0 N–H and O–H groups in total. The van der Waals surface area contributed by atoms with Crippen LogP contribution in [0.25, 0.3) is 0 Å². The number of aryl methyl sites for hydroxylation is 1. The van der Waals surface area contributed by atoms with E-state index in [1.54, 1.807) is 12.1 Å². The van der Waals surface area contributed by atoms with Crippen LogP contribution in [0.5, 0.6) is 0 Å². The Kier molecular flexibility index (Phi) is 7.95.